The minimum Gasteiger partial charge on any atom is -0.353 e. The Balaban J connectivity index is 2.02. The summed E-state index contributed by atoms with van der Waals surface area (Å²) in [5.41, 5.74) is 0. The molecule has 0 radical (unpaired) electrons. The van der Waals surface area contributed by atoms with E-state index in [9.17, 15) is 4.21 Å². The average molecular weight is 367 g/mol. The summed E-state index contributed by atoms with van der Waals surface area (Å²) in [7, 11) is -2.13. The van der Waals surface area contributed by atoms with Gasteiger partial charge < -0.3 is 9.50 Å². The minimum atomic E-state index is -2.34. The number of nitrogens with zero attached hydrogens (tertiary/aromatic N) is 1. The Morgan fingerprint density at radius 2 is 1.65 bits per heavy atom. The van der Waals surface area contributed by atoms with Crippen LogP contribution in [0.5, 0.6) is 0 Å². The second-order valence-electron chi connectivity index (χ2n) is 6.72. The number of aliphatic imine (C=N–C) groups is 1. The molecule has 2 saturated carbocycles. The quantitative estimate of drug-likeness (QED) is 0.441. The van der Waals surface area contributed by atoms with Crippen molar-refractivity contribution < 1.29 is 16.6 Å². The Hall–Kier alpha value is -0.310. The van der Waals surface area contributed by atoms with Crippen LogP contribution in [0.25, 0.3) is 0 Å². The van der Waals surface area contributed by atoms with Crippen LogP contribution < -0.4 is 5.32 Å². The molecule has 6 nitrogen and oxygen atoms in total. The van der Waals surface area contributed by atoms with Gasteiger partial charge in [0.15, 0.2) is 0 Å². The van der Waals surface area contributed by atoms with Crippen molar-refractivity contribution in [2.75, 3.05) is 12.5 Å². The van der Waals surface area contributed by atoms with E-state index in [1.165, 1.54) is 38.5 Å². The first-order chi connectivity index (χ1) is 10.9. The van der Waals surface area contributed by atoms with E-state index in [0.717, 1.165) is 25.7 Å². The van der Waals surface area contributed by atoms with E-state index in [1.807, 2.05) is 0 Å². The van der Waals surface area contributed by atoms with E-state index in [-0.39, 0.29) is 6.04 Å². The average Bonchev–Trinajstić information content (AvgIpc) is 2.47. The van der Waals surface area contributed by atoms with Crippen molar-refractivity contribution in [3.63, 3.8) is 0 Å². The summed E-state index contributed by atoms with van der Waals surface area (Å²) < 4.78 is 30.8. The fraction of sp³-hybridized carbons (Fsp3) is 0.933. The molecule has 0 aromatic rings. The van der Waals surface area contributed by atoms with Crippen molar-refractivity contribution in [3.05, 3.63) is 0 Å². The zero-order valence-corrected chi connectivity index (χ0v) is 15.8. The van der Waals surface area contributed by atoms with Gasteiger partial charge in [0, 0.05) is 18.6 Å². The first-order valence-electron chi connectivity index (χ1n) is 8.52. The van der Waals surface area contributed by atoms with Gasteiger partial charge in [0.1, 0.15) is 0 Å². The maximum atomic E-state index is 10.9. The zero-order valence-electron chi connectivity index (χ0n) is 14.2. The lowest BCUT2D eigenvalue weighted by Crippen LogP contribution is -2.39. The maximum absolute atomic E-state index is 10.9. The highest BCUT2D eigenvalue weighted by Crippen LogP contribution is 2.43. The molecule has 0 aromatic carbocycles. The molecule has 2 aliphatic rings. The third-order valence-corrected chi connectivity index (χ3v) is 6.64. The van der Waals surface area contributed by atoms with Gasteiger partial charge in [0.25, 0.3) is 0 Å². The lowest BCUT2D eigenvalue weighted by Gasteiger charge is -2.35. The Morgan fingerprint density at radius 1 is 1.09 bits per heavy atom. The summed E-state index contributed by atoms with van der Waals surface area (Å²) in [5, 5.41) is 3.42. The largest absolute Gasteiger partial charge is 0.353 e. The number of nitrogens with one attached hydrogen (secondary N) is 1. The van der Waals surface area contributed by atoms with Crippen LogP contribution in [0, 0.1) is 0 Å². The predicted octanol–water partition coefficient (Wildman–Crippen LogP) is 3.66. The molecule has 0 aliphatic heterocycles. The third kappa shape index (κ3) is 7.41. The smallest absolute Gasteiger partial charge is 0.322 e. The first kappa shape index (κ1) is 19.0. The van der Waals surface area contributed by atoms with Crippen LogP contribution in [0.4, 0.5) is 0 Å². The molecule has 23 heavy (non-hydrogen) atoms. The van der Waals surface area contributed by atoms with Gasteiger partial charge in [-0.15, -0.1) is 10.6 Å². The molecule has 0 saturated heterocycles. The van der Waals surface area contributed by atoms with Crippen molar-refractivity contribution in [1.82, 2.24) is 5.32 Å². The van der Waals surface area contributed by atoms with Crippen LogP contribution in [0.15, 0.2) is 4.99 Å². The molecule has 2 N–H and O–H groups in total. The van der Waals surface area contributed by atoms with E-state index in [1.54, 1.807) is 12.5 Å². The van der Waals surface area contributed by atoms with Crippen LogP contribution in [-0.4, -0.2) is 39.4 Å². The van der Waals surface area contributed by atoms with E-state index < -0.39 is 22.0 Å². The van der Waals surface area contributed by atoms with Crippen molar-refractivity contribution in [3.8, 4) is 0 Å². The van der Waals surface area contributed by atoms with Gasteiger partial charge in [-0.1, -0.05) is 38.5 Å². The molecule has 0 spiro atoms. The lowest BCUT2D eigenvalue weighted by molar-refractivity contribution is 0.378. The van der Waals surface area contributed by atoms with Gasteiger partial charge in [-0.25, -0.2) is 4.99 Å². The highest BCUT2D eigenvalue weighted by Gasteiger charge is 2.22. The summed E-state index contributed by atoms with van der Waals surface area (Å²) in [4.78, 5) is 4.77. The van der Waals surface area contributed by atoms with Gasteiger partial charge >= 0.3 is 17.4 Å². The second kappa shape index (κ2) is 9.25. The monoisotopic (exact) mass is 366 g/mol. The molecule has 8 heteroatoms. The molecule has 0 aromatic heterocycles. The minimum absolute atomic E-state index is 0.282. The summed E-state index contributed by atoms with van der Waals surface area (Å²) in [6, 6.07) is 1.15. The van der Waals surface area contributed by atoms with E-state index >= 15 is 0 Å². The Labute approximate surface area is 144 Å². The zero-order chi connectivity index (χ0) is 16.7. The van der Waals surface area contributed by atoms with E-state index in [0.29, 0.717) is 12.1 Å². The number of rotatable bonds is 5. The molecule has 0 heterocycles. The molecule has 1 atom stereocenters. The maximum Gasteiger partial charge on any atom is 0.322 e. The van der Waals surface area contributed by atoms with Gasteiger partial charge in [-0.3, -0.25) is 4.55 Å². The highest BCUT2D eigenvalue weighted by atomic mass is 32.3. The fourth-order valence-electron chi connectivity index (χ4n) is 3.22. The summed E-state index contributed by atoms with van der Waals surface area (Å²) >= 11 is -2.34. The molecular weight excluding hydrogens is 336 g/mol. The summed E-state index contributed by atoms with van der Waals surface area (Å²) in [6.45, 7) is 0. The Kier molecular flexibility index (Phi) is 7.65. The van der Waals surface area contributed by atoms with Gasteiger partial charge in [-0.05, 0) is 25.7 Å². The van der Waals surface area contributed by atoms with Gasteiger partial charge in [0.2, 0.25) is 0 Å². The Bertz CT molecular complexity index is 420. The third-order valence-electron chi connectivity index (χ3n) is 4.31. The van der Waals surface area contributed by atoms with Crippen LogP contribution in [-0.2, 0) is 19.2 Å². The van der Waals surface area contributed by atoms with Crippen LogP contribution in [0.3, 0.4) is 0 Å². The molecule has 1 unspecified atom stereocenters. The number of hydrogen-bond donors (Lipinski definition) is 2. The second-order valence-corrected chi connectivity index (χ2v) is 10.1. The van der Waals surface area contributed by atoms with Gasteiger partial charge in [0.05, 0.1) is 6.04 Å². The van der Waals surface area contributed by atoms with Crippen LogP contribution >= 0.6 is 10.6 Å². The summed E-state index contributed by atoms with van der Waals surface area (Å²) in [5.74, 6) is 0. The standard InChI is InChI=1S/C15H30N2O4S2/c1-23(2,21-22(18)19)20-15(16-13-9-5-3-6-10-13)17-14-11-7-4-8-12-14/h13-14H,3-12H2,1-2H3,(H,16,17)(H,18,19). The molecule has 0 bridgehead atoms. The van der Waals surface area contributed by atoms with Crippen molar-refractivity contribution >= 4 is 28.0 Å². The SMILES string of the molecule is CS(C)(OC(=NC1CCCCC1)NC1CCCCC1)OS(=O)O. The van der Waals surface area contributed by atoms with E-state index in [2.05, 4.69) is 5.32 Å². The lowest BCUT2D eigenvalue weighted by atomic mass is 9.95. The van der Waals surface area contributed by atoms with Gasteiger partial charge in [-0.2, -0.15) is 7.84 Å². The van der Waals surface area contributed by atoms with Crippen molar-refractivity contribution in [2.45, 2.75) is 76.3 Å². The normalized spacial score (nSPS) is 24.2. The Morgan fingerprint density at radius 3 is 2.22 bits per heavy atom. The topological polar surface area (TPSA) is 80.1 Å². The molecule has 2 rings (SSSR count). The predicted molar refractivity (Wildman–Crippen MR) is 96.7 cm³/mol. The molecule has 136 valence electrons. The number of hydrogen-bond acceptors (Lipinski definition) is 4. The highest BCUT2D eigenvalue weighted by molar-refractivity contribution is 8.27. The van der Waals surface area contributed by atoms with Crippen molar-refractivity contribution in [1.29, 1.82) is 0 Å². The fourth-order valence-corrected chi connectivity index (χ4v) is 4.93. The first-order valence-corrected chi connectivity index (χ1v) is 11.9. The molecule has 0 amide bonds. The molecule has 2 fully saturated rings. The number of amidine groups is 1. The van der Waals surface area contributed by atoms with Crippen molar-refractivity contribution in [2.24, 2.45) is 4.99 Å². The van der Waals surface area contributed by atoms with Crippen LogP contribution in [0.1, 0.15) is 64.2 Å². The molecule has 2 aliphatic carbocycles. The van der Waals surface area contributed by atoms with Crippen LogP contribution in [0.2, 0.25) is 0 Å². The molecular formula is C15H30N2O4S2. The summed E-state index contributed by atoms with van der Waals surface area (Å²) in [6.07, 6.45) is 15.3. The van der Waals surface area contributed by atoms with E-state index in [4.69, 9.17) is 17.4 Å².